The summed E-state index contributed by atoms with van der Waals surface area (Å²) in [5.74, 6) is 0.651. The molecule has 0 spiro atoms. The van der Waals surface area contributed by atoms with Crippen LogP contribution in [-0.2, 0) is 5.54 Å². The number of azo groups is 1. The molecule has 4 heteroatoms. The summed E-state index contributed by atoms with van der Waals surface area (Å²) in [7, 11) is 0. The largest absolute Gasteiger partial charge is 0.493 e. The highest BCUT2D eigenvalue weighted by Gasteiger charge is 2.36. The zero-order valence-electron chi connectivity index (χ0n) is 14.2. The van der Waals surface area contributed by atoms with E-state index in [9.17, 15) is 5.11 Å². The second-order valence-corrected chi connectivity index (χ2v) is 7.20. The SMILES string of the molecule is C[C@@H]1CC(C)(C)n2c(O)c(N=Nc3ccccc3)c3cccc1c32. The Labute approximate surface area is 141 Å². The fourth-order valence-electron chi connectivity index (χ4n) is 3.97. The molecule has 3 aromatic rings. The van der Waals surface area contributed by atoms with E-state index < -0.39 is 0 Å². The van der Waals surface area contributed by atoms with Gasteiger partial charge in [-0.2, -0.15) is 5.11 Å². The summed E-state index contributed by atoms with van der Waals surface area (Å²) in [4.78, 5) is 0. The molecule has 0 bridgehead atoms. The van der Waals surface area contributed by atoms with Gasteiger partial charge in [0.1, 0.15) is 0 Å². The molecule has 0 radical (unpaired) electrons. The van der Waals surface area contributed by atoms with Crippen LogP contribution in [0, 0.1) is 0 Å². The third-order valence-electron chi connectivity index (χ3n) is 4.93. The fourth-order valence-corrected chi connectivity index (χ4v) is 3.97. The van der Waals surface area contributed by atoms with Gasteiger partial charge in [0.05, 0.1) is 11.2 Å². The van der Waals surface area contributed by atoms with Crippen molar-refractivity contribution in [2.24, 2.45) is 10.2 Å². The Morgan fingerprint density at radius 1 is 1.04 bits per heavy atom. The van der Waals surface area contributed by atoms with Gasteiger partial charge < -0.3 is 9.67 Å². The zero-order valence-corrected chi connectivity index (χ0v) is 14.2. The molecule has 0 unspecified atom stereocenters. The van der Waals surface area contributed by atoms with E-state index in [-0.39, 0.29) is 11.4 Å². The van der Waals surface area contributed by atoms with Crippen molar-refractivity contribution < 1.29 is 5.11 Å². The second-order valence-electron chi connectivity index (χ2n) is 7.20. The number of aromatic nitrogens is 1. The molecule has 1 aliphatic rings. The van der Waals surface area contributed by atoms with Gasteiger partial charge in [-0.3, -0.25) is 0 Å². The van der Waals surface area contributed by atoms with E-state index >= 15 is 0 Å². The van der Waals surface area contributed by atoms with Gasteiger partial charge in [0.15, 0.2) is 5.69 Å². The normalized spacial score (nSPS) is 19.2. The van der Waals surface area contributed by atoms with Crippen LogP contribution >= 0.6 is 0 Å². The van der Waals surface area contributed by atoms with Crippen LogP contribution in [-0.4, -0.2) is 9.67 Å². The summed E-state index contributed by atoms with van der Waals surface area (Å²) < 4.78 is 2.02. The highest BCUT2D eigenvalue weighted by Crippen LogP contribution is 2.50. The van der Waals surface area contributed by atoms with E-state index in [2.05, 4.69) is 37.1 Å². The predicted octanol–water partition coefficient (Wildman–Crippen LogP) is 6.00. The topological polar surface area (TPSA) is 49.9 Å². The third kappa shape index (κ3) is 2.13. The van der Waals surface area contributed by atoms with Crippen LogP contribution in [0.25, 0.3) is 10.9 Å². The van der Waals surface area contributed by atoms with Gasteiger partial charge in [-0.15, -0.1) is 5.11 Å². The van der Waals surface area contributed by atoms with Gasteiger partial charge in [0, 0.05) is 10.9 Å². The Balaban J connectivity index is 1.96. The molecule has 0 saturated carbocycles. The summed E-state index contributed by atoms with van der Waals surface area (Å²) in [6, 6.07) is 15.8. The van der Waals surface area contributed by atoms with E-state index in [0.717, 1.165) is 23.0 Å². The van der Waals surface area contributed by atoms with Gasteiger partial charge in [-0.25, -0.2) is 0 Å². The lowest BCUT2D eigenvalue weighted by Crippen LogP contribution is -2.31. The first-order chi connectivity index (χ1) is 11.5. The third-order valence-corrected chi connectivity index (χ3v) is 4.93. The number of rotatable bonds is 2. The van der Waals surface area contributed by atoms with Crippen LogP contribution < -0.4 is 0 Å². The van der Waals surface area contributed by atoms with Crippen molar-refractivity contribution >= 4 is 22.3 Å². The summed E-state index contributed by atoms with van der Waals surface area (Å²) >= 11 is 0. The maximum atomic E-state index is 10.9. The van der Waals surface area contributed by atoms with E-state index in [1.165, 1.54) is 5.56 Å². The lowest BCUT2D eigenvalue weighted by atomic mass is 9.82. The fraction of sp³-hybridized carbons (Fsp3) is 0.300. The van der Waals surface area contributed by atoms with Crippen molar-refractivity contribution in [3.05, 3.63) is 54.1 Å². The minimum absolute atomic E-state index is 0.156. The maximum absolute atomic E-state index is 10.9. The molecule has 0 saturated heterocycles. The Morgan fingerprint density at radius 3 is 2.54 bits per heavy atom. The number of nitrogens with zero attached hydrogens (tertiary/aromatic N) is 3. The number of para-hydroxylation sites is 1. The van der Waals surface area contributed by atoms with E-state index in [4.69, 9.17) is 0 Å². The average molecular weight is 319 g/mol. The molecule has 2 heterocycles. The van der Waals surface area contributed by atoms with Crippen LogP contribution in [0.4, 0.5) is 11.4 Å². The molecule has 0 fully saturated rings. The number of aromatic hydroxyl groups is 1. The van der Waals surface area contributed by atoms with Gasteiger partial charge >= 0.3 is 0 Å². The molecule has 1 N–H and O–H groups in total. The van der Waals surface area contributed by atoms with Crippen molar-refractivity contribution in [1.29, 1.82) is 0 Å². The van der Waals surface area contributed by atoms with Crippen LogP contribution in [0.1, 0.15) is 38.7 Å². The Bertz CT molecular complexity index is 938. The Morgan fingerprint density at radius 2 is 1.79 bits per heavy atom. The lowest BCUT2D eigenvalue weighted by Gasteiger charge is -2.36. The number of hydrogen-bond donors (Lipinski definition) is 1. The van der Waals surface area contributed by atoms with Crippen molar-refractivity contribution in [2.45, 2.75) is 38.6 Å². The monoisotopic (exact) mass is 319 g/mol. The van der Waals surface area contributed by atoms with Crippen molar-refractivity contribution in [1.82, 2.24) is 4.57 Å². The molecule has 122 valence electrons. The van der Waals surface area contributed by atoms with E-state index in [1.807, 2.05) is 47.0 Å². The quantitative estimate of drug-likeness (QED) is 0.578. The molecule has 4 nitrogen and oxygen atoms in total. The standard InChI is InChI=1S/C20H21N3O/c1-13-12-20(2,3)23-18-15(13)10-7-11-16(18)17(19(23)24)22-21-14-8-5-4-6-9-14/h4-11,13,24H,12H2,1-3H3/t13-/m1/s1. The van der Waals surface area contributed by atoms with Crippen molar-refractivity contribution in [3.63, 3.8) is 0 Å². The van der Waals surface area contributed by atoms with Gasteiger partial charge in [0.25, 0.3) is 0 Å². The second kappa shape index (κ2) is 5.20. The maximum Gasteiger partial charge on any atom is 0.221 e. The van der Waals surface area contributed by atoms with Crippen molar-refractivity contribution in [3.8, 4) is 5.88 Å². The highest BCUT2D eigenvalue weighted by atomic mass is 16.3. The van der Waals surface area contributed by atoms with Gasteiger partial charge in [-0.1, -0.05) is 43.3 Å². The smallest absolute Gasteiger partial charge is 0.221 e. The van der Waals surface area contributed by atoms with Gasteiger partial charge in [-0.05, 0) is 43.9 Å². The van der Waals surface area contributed by atoms with Crippen LogP contribution in [0.15, 0.2) is 58.8 Å². The molecule has 0 aliphatic carbocycles. The molecule has 4 rings (SSSR count). The summed E-state index contributed by atoms with van der Waals surface area (Å²) in [6.07, 6.45) is 0.983. The Hall–Kier alpha value is -2.62. The summed E-state index contributed by atoms with van der Waals surface area (Å²) in [5.41, 5.74) is 3.52. The Kier molecular flexibility index (Phi) is 3.23. The summed E-state index contributed by atoms with van der Waals surface area (Å²) in [6.45, 7) is 6.57. The minimum Gasteiger partial charge on any atom is -0.493 e. The number of hydrogen-bond acceptors (Lipinski definition) is 3. The van der Waals surface area contributed by atoms with E-state index in [1.54, 1.807) is 0 Å². The average Bonchev–Trinajstić information content (AvgIpc) is 2.85. The number of benzene rings is 2. The van der Waals surface area contributed by atoms with Crippen molar-refractivity contribution in [2.75, 3.05) is 0 Å². The van der Waals surface area contributed by atoms with Crippen LogP contribution in [0.5, 0.6) is 5.88 Å². The highest BCUT2D eigenvalue weighted by molar-refractivity contribution is 5.97. The molecule has 2 aromatic carbocycles. The minimum atomic E-state index is -0.156. The zero-order chi connectivity index (χ0) is 16.9. The molecule has 1 atom stereocenters. The molecular formula is C20H21N3O. The first kappa shape index (κ1) is 14.9. The molecule has 0 amide bonds. The molecule has 1 aliphatic heterocycles. The van der Waals surface area contributed by atoms with Crippen LogP contribution in [0.2, 0.25) is 0 Å². The summed E-state index contributed by atoms with van der Waals surface area (Å²) in [5, 5.41) is 20.5. The first-order valence-electron chi connectivity index (χ1n) is 8.32. The predicted molar refractivity (Wildman–Crippen MR) is 96.6 cm³/mol. The molecule has 24 heavy (non-hydrogen) atoms. The van der Waals surface area contributed by atoms with E-state index in [0.29, 0.717) is 11.6 Å². The molecular weight excluding hydrogens is 298 g/mol. The molecule has 1 aromatic heterocycles. The van der Waals surface area contributed by atoms with Gasteiger partial charge in [0.2, 0.25) is 5.88 Å². The lowest BCUT2D eigenvalue weighted by molar-refractivity contribution is 0.267. The first-order valence-corrected chi connectivity index (χ1v) is 8.32. The van der Waals surface area contributed by atoms with Crippen LogP contribution in [0.3, 0.4) is 0 Å².